The number of carbonyl (C=O) groups is 2. The molecule has 0 radical (unpaired) electrons. The summed E-state index contributed by atoms with van der Waals surface area (Å²) in [6, 6.07) is 14.4. The van der Waals surface area contributed by atoms with Gasteiger partial charge in [0.25, 0.3) is 5.91 Å². The maximum Gasteiger partial charge on any atom is 0.251 e. The molecular weight excluding hydrogens is 382 g/mol. The quantitative estimate of drug-likeness (QED) is 0.463. The van der Waals surface area contributed by atoms with E-state index in [9.17, 15) is 9.59 Å². The second kappa shape index (κ2) is 12.5. The smallest absolute Gasteiger partial charge is 0.251 e. The van der Waals surface area contributed by atoms with E-state index in [4.69, 9.17) is 9.47 Å². The number of anilines is 2. The molecule has 7 nitrogen and oxygen atoms in total. The molecule has 0 unspecified atom stereocenters. The van der Waals surface area contributed by atoms with Gasteiger partial charge in [0.05, 0.1) is 13.2 Å². The van der Waals surface area contributed by atoms with Crippen molar-refractivity contribution in [3.8, 4) is 5.75 Å². The molecule has 2 amide bonds. The number of hydrogen-bond donors (Lipinski definition) is 3. The molecule has 2 aromatic carbocycles. The first-order valence-electron chi connectivity index (χ1n) is 10.1. The topological polar surface area (TPSA) is 88.7 Å². The number of amides is 2. The lowest BCUT2D eigenvalue weighted by atomic mass is 10.2. The van der Waals surface area contributed by atoms with Gasteiger partial charge >= 0.3 is 0 Å². The molecular formula is C23H31N3O4. The second-order valence-corrected chi connectivity index (χ2v) is 7.32. The van der Waals surface area contributed by atoms with Crippen LogP contribution in [0.25, 0.3) is 0 Å². The zero-order valence-corrected chi connectivity index (χ0v) is 17.9. The number of rotatable bonds is 12. The molecule has 7 heteroatoms. The Kier molecular flexibility index (Phi) is 9.67. The summed E-state index contributed by atoms with van der Waals surface area (Å²) in [5.74, 6) is 0.803. The third-order valence-electron chi connectivity index (χ3n) is 4.09. The summed E-state index contributed by atoms with van der Waals surface area (Å²) in [6.07, 6.45) is 0.754. The van der Waals surface area contributed by atoms with Crippen LogP contribution in [0.3, 0.4) is 0 Å². The predicted octanol–water partition coefficient (Wildman–Crippen LogP) is 3.54. The van der Waals surface area contributed by atoms with Crippen molar-refractivity contribution in [1.82, 2.24) is 5.32 Å². The van der Waals surface area contributed by atoms with Gasteiger partial charge in [0.2, 0.25) is 5.91 Å². The normalized spacial score (nSPS) is 10.5. The van der Waals surface area contributed by atoms with E-state index < -0.39 is 0 Å². The van der Waals surface area contributed by atoms with Crippen LogP contribution in [-0.4, -0.2) is 45.2 Å². The van der Waals surface area contributed by atoms with Gasteiger partial charge in [-0.05, 0) is 42.7 Å². The standard InChI is InChI=1S/C23H31N3O4/c1-17(2)16-30-21-10-5-9-20(14-21)26-22(27)15-25-19-8-4-7-18(13-19)23(28)24-11-6-12-29-3/h4-5,7-10,13-14,17,25H,6,11-12,15-16H2,1-3H3,(H,24,28)(H,26,27). The highest BCUT2D eigenvalue weighted by molar-refractivity contribution is 5.96. The average molecular weight is 414 g/mol. The lowest BCUT2D eigenvalue weighted by Gasteiger charge is -2.12. The van der Waals surface area contributed by atoms with E-state index in [-0.39, 0.29) is 18.4 Å². The Morgan fingerprint density at radius 1 is 1.03 bits per heavy atom. The number of ether oxygens (including phenoxy) is 2. The molecule has 0 bridgehead atoms. The largest absolute Gasteiger partial charge is 0.493 e. The summed E-state index contributed by atoms with van der Waals surface area (Å²) >= 11 is 0. The maximum absolute atomic E-state index is 12.3. The zero-order valence-electron chi connectivity index (χ0n) is 17.9. The van der Waals surface area contributed by atoms with Crippen molar-refractivity contribution in [2.24, 2.45) is 5.92 Å². The SMILES string of the molecule is COCCCNC(=O)c1cccc(NCC(=O)Nc2cccc(OCC(C)C)c2)c1. The van der Waals surface area contributed by atoms with Crippen LogP contribution in [0, 0.1) is 5.92 Å². The van der Waals surface area contributed by atoms with Gasteiger partial charge in [-0.25, -0.2) is 0 Å². The molecule has 0 spiro atoms. The fraction of sp³-hybridized carbons (Fsp3) is 0.391. The van der Waals surface area contributed by atoms with Crippen LogP contribution < -0.4 is 20.7 Å². The minimum Gasteiger partial charge on any atom is -0.493 e. The van der Waals surface area contributed by atoms with Gasteiger partial charge in [-0.2, -0.15) is 0 Å². The fourth-order valence-corrected chi connectivity index (χ4v) is 2.60. The van der Waals surface area contributed by atoms with Gasteiger partial charge in [0.15, 0.2) is 0 Å². The number of carbonyl (C=O) groups excluding carboxylic acids is 2. The summed E-state index contributed by atoms with van der Waals surface area (Å²) in [4.78, 5) is 24.5. The minimum atomic E-state index is -0.189. The summed E-state index contributed by atoms with van der Waals surface area (Å²) in [5, 5.41) is 8.74. The third kappa shape index (κ3) is 8.53. The number of methoxy groups -OCH3 is 1. The van der Waals surface area contributed by atoms with Crippen molar-refractivity contribution in [2.45, 2.75) is 20.3 Å². The number of benzene rings is 2. The molecule has 3 N–H and O–H groups in total. The highest BCUT2D eigenvalue weighted by Gasteiger charge is 2.08. The van der Waals surface area contributed by atoms with Crippen molar-refractivity contribution in [2.75, 3.05) is 44.0 Å². The van der Waals surface area contributed by atoms with E-state index in [1.165, 1.54) is 0 Å². The van der Waals surface area contributed by atoms with Crippen LogP contribution in [0.2, 0.25) is 0 Å². The number of hydrogen-bond acceptors (Lipinski definition) is 5. The highest BCUT2D eigenvalue weighted by Crippen LogP contribution is 2.18. The van der Waals surface area contributed by atoms with Crippen LogP contribution in [0.15, 0.2) is 48.5 Å². The van der Waals surface area contributed by atoms with E-state index in [0.717, 1.165) is 12.2 Å². The first-order chi connectivity index (χ1) is 14.5. The van der Waals surface area contributed by atoms with Crippen molar-refractivity contribution in [3.63, 3.8) is 0 Å². The van der Waals surface area contributed by atoms with Crippen LogP contribution in [0.4, 0.5) is 11.4 Å². The van der Waals surface area contributed by atoms with Crippen LogP contribution in [0.1, 0.15) is 30.6 Å². The molecule has 0 aromatic heterocycles. The highest BCUT2D eigenvalue weighted by atomic mass is 16.5. The molecule has 0 saturated heterocycles. The Morgan fingerprint density at radius 2 is 1.80 bits per heavy atom. The van der Waals surface area contributed by atoms with Crippen LogP contribution in [0.5, 0.6) is 5.75 Å². The maximum atomic E-state index is 12.3. The molecule has 0 aliphatic rings. The first kappa shape index (κ1) is 23.2. The van der Waals surface area contributed by atoms with Gasteiger partial charge in [0.1, 0.15) is 5.75 Å². The molecule has 2 aromatic rings. The Bertz CT molecular complexity index is 824. The van der Waals surface area contributed by atoms with Gasteiger partial charge in [-0.1, -0.05) is 26.0 Å². The Hall–Kier alpha value is -3.06. The molecule has 0 aliphatic heterocycles. The van der Waals surface area contributed by atoms with Crippen molar-refractivity contribution in [3.05, 3.63) is 54.1 Å². The van der Waals surface area contributed by atoms with Gasteiger partial charge in [-0.15, -0.1) is 0 Å². The molecule has 0 fully saturated rings. The molecule has 30 heavy (non-hydrogen) atoms. The summed E-state index contributed by atoms with van der Waals surface area (Å²) in [5.41, 5.74) is 1.91. The van der Waals surface area contributed by atoms with Gasteiger partial charge in [0, 0.05) is 43.3 Å². The van der Waals surface area contributed by atoms with Gasteiger partial charge in [-0.3, -0.25) is 9.59 Å². The minimum absolute atomic E-state index is 0.0794. The Balaban J connectivity index is 1.83. The van der Waals surface area contributed by atoms with Crippen molar-refractivity contribution >= 4 is 23.2 Å². The monoisotopic (exact) mass is 413 g/mol. The molecule has 2 rings (SSSR count). The average Bonchev–Trinajstić information content (AvgIpc) is 2.74. The molecule has 0 atom stereocenters. The lowest BCUT2D eigenvalue weighted by Crippen LogP contribution is -2.25. The van der Waals surface area contributed by atoms with E-state index in [1.807, 2.05) is 24.3 Å². The van der Waals surface area contributed by atoms with E-state index in [1.54, 1.807) is 31.4 Å². The summed E-state index contributed by atoms with van der Waals surface area (Å²) < 4.78 is 10.7. The molecule has 0 aliphatic carbocycles. The zero-order chi connectivity index (χ0) is 21.8. The fourth-order valence-electron chi connectivity index (χ4n) is 2.60. The molecule has 162 valence electrons. The lowest BCUT2D eigenvalue weighted by molar-refractivity contribution is -0.114. The third-order valence-corrected chi connectivity index (χ3v) is 4.09. The van der Waals surface area contributed by atoms with E-state index in [2.05, 4.69) is 29.8 Å². The van der Waals surface area contributed by atoms with Gasteiger partial charge < -0.3 is 25.4 Å². The first-order valence-corrected chi connectivity index (χ1v) is 10.1. The Morgan fingerprint density at radius 3 is 2.57 bits per heavy atom. The summed E-state index contributed by atoms with van der Waals surface area (Å²) in [6.45, 7) is 6.01. The van der Waals surface area contributed by atoms with Crippen LogP contribution >= 0.6 is 0 Å². The van der Waals surface area contributed by atoms with Crippen molar-refractivity contribution in [1.29, 1.82) is 0 Å². The van der Waals surface area contributed by atoms with Crippen LogP contribution in [-0.2, 0) is 9.53 Å². The Labute approximate surface area is 178 Å². The predicted molar refractivity (Wildman–Crippen MR) is 119 cm³/mol. The van der Waals surface area contributed by atoms with Crippen molar-refractivity contribution < 1.29 is 19.1 Å². The second-order valence-electron chi connectivity index (χ2n) is 7.32. The van der Waals surface area contributed by atoms with E-state index >= 15 is 0 Å². The number of nitrogens with one attached hydrogen (secondary N) is 3. The summed E-state index contributed by atoms with van der Waals surface area (Å²) in [7, 11) is 1.63. The van der Waals surface area contributed by atoms with E-state index in [0.29, 0.717) is 42.6 Å². The molecule has 0 saturated carbocycles. The molecule has 0 heterocycles.